The van der Waals surface area contributed by atoms with Crippen LogP contribution in [0, 0.1) is 5.92 Å². The molecule has 0 amide bonds. The second kappa shape index (κ2) is 4.29. The van der Waals surface area contributed by atoms with E-state index in [-0.39, 0.29) is 11.8 Å². The Morgan fingerprint density at radius 1 is 1.39 bits per heavy atom. The minimum Gasteiger partial charge on any atom is -0.481 e. The van der Waals surface area contributed by atoms with Crippen molar-refractivity contribution in [1.29, 1.82) is 0 Å². The van der Waals surface area contributed by atoms with E-state index in [0.717, 1.165) is 18.5 Å². The standard InChI is InChI=1S/C14H14N2O2/c17-14(18)13-6-12(13)11-7-15-16(9-11)8-10-4-2-1-3-5-10/h1-5,7,9,12-13H,6,8H2,(H,17,18)/t12-,13+/m0/s1. The van der Waals surface area contributed by atoms with Gasteiger partial charge in [-0.05, 0) is 17.5 Å². The summed E-state index contributed by atoms with van der Waals surface area (Å²) in [5, 5.41) is 13.2. The second-order valence-corrected chi connectivity index (χ2v) is 4.74. The van der Waals surface area contributed by atoms with E-state index in [4.69, 9.17) is 5.11 Å². The fraction of sp³-hybridized carbons (Fsp3) is 0.286. The summed E-state index contributed by atoms with van der Waals surface area (Å²) in [6.07, 6.45) is 4.49. The zero-order valence-corrected chi connectivity index (χ0v) is 9.86. The first-order valence-corrected chi connectivity index (χ1v) is 6.03. The topological polar surface area (TPSA) is 55.1 Å². The number of rotatable bonds is 4. The molecular weight excluding hydrogens is 228 g/mol. The van der Waals surface area contributed by atoms with Gasteiger partial charge in [-0.1, -0.05) is 30.3 Å². The smallest absolute Gasteiger partial charge is 0.307 e. The summed E-state index contributed by atoms with van der Waals surface area (Å²) in [6.45, 7) is 0.727. The van der Waals surface area contributed by atoms with Crippen LogP contribution < -0.4 is 0 Å². The number of nitrogens with zero attached hydrogens (tertiary/aromatic N) is 2. The van der Waals surface area contributed by atoms with Crippen LogP contribution in [0.1, 0.15) is 23.5 Å². The summed E-state index contributed by atoms with van der Waals surface area (Å²) in [6, 6.07) is 10.1. The summed E-state index contributed by atoms with van der Waals surface area (Å²) in [5.74, 6) is -0.748. The molecular formula is C14H14N2O2. The highest BCUT2D eigenvalue weighted by atomic mass is 16.4. The zero-order chi connectivity index (χ0) is 12.5. The van der Waals surface area contributed by atoms with Gasteiger partial charge in [-0.3, -0.25) is 9.48 Å². The highest BCUT2D eigenvalue weighted by molar-refractivity contribution is 5.75. The molecule has 18 heavy (non-hydrogen) atoms. The molecule has 3 rings (SSSR count). The van der Waals surface area contributed by atoms with Crippen molar-refractivity contribution in [2.75, 3.05) is 0 Å². The molecule has 1 aliphatic rings. The van der Waals surface area contributed by atoms with Gasteiger partial charge in [-0.25, -0.2) is 0 Å². The molecule has 0 radical (unpaired) electrons. The molecule has 0 saturated heterocycles. The van der Waals surface area contributed by atoms with E-state index < -0.39 is 5.97 Å². The van der Waals surface area contributed by atoms with E-state index in [1.54, 1.807) is 6.20 Å². The third kappa shape index (κ3) is 2.14. The van der Waals surface area contributed by atoms with Gasteiger partial charge in [0.05, 0.1) is 18.7 Å². The van der Waals surface area contributed by atoms with Gasteiger partial charge in [0.25, 0.3) is 0 Å². The second-order valence-electron chi connectivity index (χ2n) is 4.74. The van der Waals surface area contributed by atoms with Crippen molar-refractivity contribution in [1.82, 2.24) is 9.78 Å². The Bertz CT molecular complexity index is 562. The van der Waals surface area contributed by atoms with E-state index in [9.17, 15) is 4.79 Å². The molecule has 0 aliphatic heterocycles. The minimum absolute atomic E-state index is 0.159. The van der Waals surface area contributed by atoms with Gasteiger partial charge in [-0.15, -0.1) is 0 Å². The maximum absolute atomic E-state index is 10.8. The number of aromatic nitrogens is 2. The van der Waals surface area contributed by atoms with Gasteiger partial charge >= 0.3 is 5.97 Å². The first-order valence-electron chi connectivity index (χ1n) is 6.03. The Kier molecular flexibility index (Phi) is 2.63. The fourth-order valence-corrected chi connectivity index (χ4v) is 2.26. The first kappa shape index (κ1) is 11.0. The van der Waals surface area contributed by atoms with Crippen molar-refractivity contribution >= 4 is 5.97 Å². The van der Waals surface area contributed by atoms with Crippen LogP contribution in [0.5, 0.6) is 0 Å². The normalized spacial score (nSPS) is 21.8. The number of carboxylic acid groups (broad SMARTS) is 1. The van der Waals surface area contributed by atoms with E-state index in [1.165, 1.54) is 5.56 Å². The molecule has 0 bridgehead atoms. The van der Waals surface area contributed by atoms with Crippen molar-refractivity contribution in [3.63, 3.8) is 0 Å². The molecule has 1 aromatic heterocycles. The van der Waals surface area contributed by atoms with E-state index in [1.807, 2.05) is 29.1 Å². The molecule has 2 atom stereocenters. The third-order valence-electron chi connectivity index (χ3n) is 3.38. The van der Waals surface area contributed by atoms with Crippen LogP contribution in [0.3, 0.4) is 0 Å². The number of carbonyl (C=O) groups is 1. The minimum atomic E-state index is -0.698. The highest BCUT2D eigenvalue weighted by Gasteiger charge is 2.44. The highest BCUT2D eigenvalue weighted by Crippen LogP contribution is 2.47. The molecule has 1 N–H and O–H groups in total. The van der Waals surface area contributed by atoms with E-state index in [2.05, 4.69) is 17.2 Å². The third-order valence-corrected chi connectivity index (χ3v) is 3.38. The van der Waals surface area contributed by atoms with Crippen LogP contribution in [0.2, 0.25) is 0 Å². The molecule has 4 nitrogen and oxygen atoms in total. The van der Waals surface area contributed by atoms with Gasteiger partial charge in [0.1, 0.15) is 0 Å². The summed E-state index contributed by atoms with van der Waals surface area (Å²) in [7, 11) is 0. The maximum atomic E-state index is 10.8. The van der Waals surface area contributed by atoms with E-state index in [0.29, 0.717) is 0 Å². The Hall–Kier alpha value is -2.10. The number of benzene rings is 1. The molecule has 1 saturated carbocycles. The molecule has 2 aromatic rings. The van der Waals surface area contributed by atoms with Crippen LogP contribution >= 0.6 is 0 Å². The van der Waals surface area contributed by atoms with Crippen LogP contribution in [0.15, 0.2) is 42.7 Å². The quantitative estimate of drug-likeness (QED) is 0.893. The molecule has 1 heterocycles. The lowest BCUT2D eigenvalue weighted by atomic mass is 10.2. The SMILES string of the molecule is O=C(O)[C@@H]1C[C@H]1c1cnn(Cc2ccccc2)c1. The molecule has 4 heteroatoms. The molecule has 92 valence electrons. The van der Waals surface area contributed by atoms with Crippen molar-refractivity contribution in [3.05, 3.63) is 53.9 Å². The molecule has 0 unspecified atom stereocenters. The monoisotopic (exact) mass is 242 g/mol. The van der Waals surface area contributed by atoms with Crippen LogP contribution in [0.25, 0.3) is 0 Å². The average molecular weight is 242 g/mol. The number of hydrogen-bond donors (Lipinski definition) is 1. The molecule has 1 aromatic carbocycles. The van der Waals surface area contributed by atoms with Crippen molar-refractivity contribution < 1.29 is 9.90 Å². The Balaban J connectivity index is 1.69. The number of aliphatic carboxylic acids is 1. The number of carboxylic acids is 1. The van der Waals surface area contributed by atoms with Gasteiger partial charge in [0.15, 0.2) is 0 Å². The van der Waals surface area contributed by atoms with Crippen LogP contribution in [0.4, 0.5) is 0 Å². The summed E-state index contributed by atoms with van der Waals surface area (Å²) in [4.78, 5) is 10.8. The lowest BCUT2D eigenvalue weighted by Gasteiger charge is -2.00. The number of hydrogen-bond acceptors (Lipinski definition) is 2. The molecule has 0 spiro atoms. The van der Waals surface area contributed by atoms with E-state index >= 15 is 0 Å². The average Bonchev–Trinajstić information content (AvgIpc) is 3.05. The largest absolute Gasteiger partial charge is 0.481 e. The lowest BCUT2D eigenvalue weighted by molar-refractivity contribution is -0.138. The summed E-state index contributed by atoms with van der Waals surface area (Å²) >= 11 is 0. The Labute approximate surface area is 105 Å². The fourth-order valence-electron chi connectivity index (χ4n) is 2.26. The van der Waals surface area contributed by atoms with Crippen LogP contribution in [-0.2, 0) is 11.3 Å². The van der Waals surface area contributed by atoms with Gasteiger partial charge in [0.2, 0.25) is 0 Å². The molecule has 1 fully saturated rings. The van der Waals surface area contributed by atoms with Gasteiger partial charge in [0, 0.05) is 12.1 Å². The lowest BCUT2D eigenvalue weighted by Crippen LogP contribution is -2.00. The van der Waals surface area contributed by atoms with Crippen molar-refractivity contribution in [2.45, 2.75) is 18.9 Å². The zero-order valence-electron chi connectivity index (χ0n) is 9.86. The van der Waals surface area contributed by atoms with Crippen LogP contribution in [-0.4, -0.2) is 20.9 Å². The Morgan fingerprint density at radius 3 is 2.83 bits per heavy atom. The van der Waals surface area contributed by atoms with Crippen molar-refractivity contribution in [3.8, 4) is 0 Å². The van der Waals surface area contributed by atoms with Gasteiger partial charge < -0.3 is 5.11 Å². The first-order chi connectivity index (χ1) is 8.74. The predicted molar refractivity (Wildman–Crippen MR) is 66.3 cm³/mol. The maximum Gasteiger partial charge on any atom is 0.307 e. The van der Waals surface area contributed by atoms with Gasteiger partial charge in [-0.2, -0.15) is 5.10 Å². The summed E-state index contributed by atoms with van der Waals surface area (Å²) < 4.78 is 1.86. The van der Waals surface area contributed by atoms with Crippen molar-refractivity contribution in [2.24, 2.45) is 5.92 Å². The molecule has 1 aliphatic carbocycles. The summed E-state index contributed by atoms with van der Waals surface area (Å²) in [5.41, 5.74) is 2.23. The predicted octanol–water partition coefficient (Wildman–Crippen LogP) is 2.12. The Morgan fingerprint density at radius 2 is 2.17 bits per heavy atom.